The molecular weight excluding hydrogens is 496 g/mol. The number of carbonyl (C=O) groups is 2. The van der Waals surface area contributed by atoms with Crippen molar-refractivity contribution in [2.24, 2.45) is 11.8 Å². The van der Waals surface area contributed by atoms with Crippen molar-refractivity contribution in [2.75, 3.05) is 13.7 Å². The maximum Gasteiger partial charge on any atom is 0.373 e. The number of rotatable bonds is 17. The lowest BCUT2D eigenvalue weighted by Crippen LogP contribution is -2.27. The molecule has 1 saturated carbocycles. The zero-order valence-corrected chi connectivity index (χ0v) is 25.2. The van der Waals surface area contributed by atoms with Gasteiger partial charge in [-0.15, -0.1) is 0 Å². The van der Waals surface area contributed by atoms with E-state index in [0.29, 0.717) is 36.9 Å². The van der Waals surface area contributed by atoms with Crippen molar-refractivity contribution in [3.63, 3.8) is 0 Å². The van der Waals surface area contributed by atoms with Crippen LogP contribution in [-0.2, 0) is 28.5 Å². The van der Waals surface area contributed by atoms with E-state index in [1.807, 2.05) is 0 Å². The van der Waals surface area contributed by atoms with Crippen LogP contribution in [0.5, 0.6) is 0 Å². The van der Waals surface area contributed by atoms with Crippen LogP contribution in [0.3, 0.4) is 0 Å². The van der Waals surface area contributed by atoms with E-state index in [0.717, 1.165) is 38.5 Å². The summed E-state index contributed by atoms with van der Waals surface area (Å²) in [5.74, 6) is 0.101. The second kappa shape index (κ2) is 18.5. The molecule has 0 amide bonds. The van der Waals surface area contributed by atoms with E-state index in [9.17, 15) is 14.7 Å². The van der Waals surface area contributed by atoms with Gasteiger partial charge in [-0.25, -0.2) is 4.79 Å². The number of methoxy groups -OCH3 is 1. The Kier molecular flexibility index (Phi) is 15.8. The predicted octanol–water partition coefficient (Wildman–Crippen LogP) is 7.16. The summed E-state index contributed by atoms with van der Waals surface area (Å²) in [5, 5.41) is 10.9. The number of aliphatic hydroxyl groups excluding tert-OH is 1. The van der Waals surface area contributed by atoms with Gasteiger partial charge in [-0.2, -0.15) is 0 Å². The number of hydrogen-bond acceptors (Lipinski definition) is 7. The SMILES string of the molecule is COC(=O)C(OC1CCCCO1)=C(C)C(O)CCC[C@@H]1[C@@H](CCCCCCCC=C(C)C)CC[C@H]1OC(C)=O. The molecule has 0 spiro atoms. The summed E-state index contributed by atoms with van der Waals surface area (Å²) in [6.07, 6.45) is 16.4. The summed E-state index contributed by atoms with van der Waals surface area (Å²) in [4.78, 5) is 24.1. The van der Waals surface area contributed by atoms with Crippen molar-refractivity contribution in [3.8, 4) is 0 Å². The molecule has 1 heterocycles. The smallest absolute Gasteiger partial charge is 0.373 e. The van der Waals surface area contributed by atoms with Gasteiger partial charge in [0.1, 0.15) is 6.10 Å². The molecular formula is C32H54O7. The molecule has 1 saturated heterocycles. The number of carbonyl (C=O) groups excluding carboxylic acids is 2. The van der Waals surface area contributed by atoms with Gasteiger partial charge in [0.05, 0.1) is 19.8 Å². The van der Waals surface area contributed by atoms with Gasteiger partial charge in [0.15, 0.2) is 6.29 Å². The predicted molar refractivity (Wildman–Crippen MR) is 153 cm³/mol. The minimum atomic E-state index is -0.818. The molecule has 1 N–H and O–H groups in total. The van der Waals surface area contributed by atoms with Gasteiger partial charge in [0, 0.05) is 18.9 Å². The van der Waals surface area contributed by atoms with E-state index >= 15 is 0 Å². The fourth-order valence-corrected chi connectivity index (χ4v) is 5.97. The number of allylic oxidation sites excluding steroid dienone is 2. The third-order valence-corrected chi connectivity index (χ3v) is 8.18. The highest BCUT2D eigenvalue weighted by molar-refractivity contribution is 5.87. The van der Waals surface area contributed by atoms with Crippen LogP contribution in [-0.4, -0.2) is 49.3 Å². The third-order valence-electron chi connectivity index (χ3n) is 8.18. The molecule has 5 atom stereocenters. The molecule has 7 nitrogen and oxygen atoms in total. The van der Waals surface area contributed by atoms with Crippen LogP contribution in [0.1, 0.15) is 124 Å². The van der Waals surface area contributed by atoms with Crippen molar-refractivity contribution >= 4 is 11.9 Å². The highest BCUT2D eigenvalue weighted by Gasteiger charge is 2.37. The third kappa shape index (κ3) is 12.5. The summed E-state index contributed by atoms with van der Waals surface area (Å²) in [6.45, 7) is 8.12. The van der Waals surface area contributed by atoms with Crippen LogP contribution in [0.15, 0.2) is 23.0 Å². The van der Waals surface area contributed by atoms with Crippen LogP contribution in [0, 0.1) is 11.8 Å². The largest absolute Gasteiger partial charge is 0.463 e. The summed E-state index contributed by atoms with van der Waals surface area (Å²) in [6, 6.07) is 0. The number of aliphatic hydroxyl groups is 1. The summed E-state index contributed by atoms with van der Waals surface area (Å²) >= 11 is 0. The van der Waals surface area contributed by atoms with Crippen molar-refractivity contribution in [3.05, 3.63) is 23.0 Å². The van der Waals surface area contributed by atoms with Crippen LogP contribution in [0.2, 0.25) is 0 Å². The standard InChI is InChI=1S/C32H54O7/c1-23(2)15-10-8-6-7-9-11-16-26-20-21-29(38-25(4)33)27(26)17-14-18-28(34)24(3)31(32(35)36-5)39-30-19-12-13-22-37-30/h15,26-30,34H,6-14,16-22H2,1-5H3/t26-,27+,28?,29+,30?/m0/s1. The molecule has 0 radical (unpaired) electrons. The van der Waals surface area contributed by atoms with E-state index in [1.54, 1.807) is 6.92 Å². The van der Waals surface area contributed by atoms with Gasteiger partial charge >= 0.3 is 11.9 Å². The fourth-order valence-electron chi connectivity index (χ4n) is 5.97. The van der Waals surface area contributed by atoms with Crippen LogP contribution in [0.25, 0.3) is 0 Å². The molecule has 2 fully saturated rings. The maximum absolute atomic E-state index is 12.4. The minimum Gasteiger partial charge on any atom is -0.463 e. The number of esters is 2. The van der Waals surface area contributed by atoms with Crippen LogP contribution < -0.4 is 0 Å². The van der Waals surface area contributed by atoms with Gasteiger partial charge < -0.3 is 24.1 Å². The molecule has 7 heteroatoms. The van der Waals surface area contributed by atoms with Crippen molar-refractivity contribution in [2.45, 2.75) is 143 Å². The van der Waals surface area contributed by atoms with E-state index in [2.05, 4.69) is 19.9 Å². The first-order valence-corrected chi connectivity index (χ1v) is 15.3. The quantitative estimate of drug-likeness (QED) is 0.0675. The molecule has 0 aromatic carbocycles. The zero-order chi connectivity index (χ0) is 28.6. The Bertz CT molecular complexity index is 792. The lowest BCUT2D eigenvalue weighted by Gasteiger charge is -2.26. The second-order valence-electron chi connectivity index (χ2n) is 11.6. The molecule has 39 heavy (non-hydrogen) atoms. The Morgan fingerprint density at radius 2 is 1.67 bits per heavy atom. The van der Waals surface area contributed by atoms with Crippen molar-refractivity contribution in [1.82, 2.24) is 0 Å². The van der Waals surface area contributed by atoms with Gasteiger partial charge in [-0.05, 0) is 84.0 Å². The highest BCUT2D eigenvalue weighted by atomic mass is 16.7. The number of hydrogen-bond donors (Lipinski definition) is 1. The molecule has 0 bridgehead atoms. The van der Waals surface area contributed by atoms with Crippen molar-refractivity contribution < 1.29 is 33.6 Å². The average molecular weight is 551 g/mol. The average Bonchev–Trinajstić information content (AvgIpc) is 3.28. The molecule has 2 aliphatic rings. The Hall–Kier alpha value is -1.86. The second-order valence-corrected chi connectivity index (χ2v) is 11.6. The van der Waals surface area contributed by atoms with Crippen LogP contribution in [0.4, 0.5) is 0 Å². The van der Waals surface area contributed by atoms with E-state index in [4.69, 9.17) is 18.9 Å². The Labute approximate surface area is 236 Å². The number of ether oxygens (including phenoxy) is 4. The Morgan fingerprint density at radius 1 is 0.923 bits per heavy atom. The summed E-state index contributed by atoms with van der Waals surface area (Å²) in [7, 11) is 1.31. The number of unbranched alkanes of at least 4 members (excludes halogenated alkanes) is 5. The topological polar surface area (TPSA) is 91.3 Å². The molecule has 1 aliphatic carbocycles. The van der Waals surface area contributed by atoms with Gasteiger partial charge in [-0.1, -0.05) is 50.2 Å². The monoisotopic (exact) mass is 550 g/mol. The van der Waals surface area contributed by atoms with E-state index in [-0.39, 0.29) is 17.8 Å². The highest BCUT2D eigenvalue weighted by Crippen LogP contribution is 2.41. The first kappa shape index (κ1) is 33.3. The Balaban J connectivity index is 1.87. The minimum absolute atomic E-state index is 0.0391. The summed E-state index contributed by atoms with van der Waals surface area (Å²) in [5.41, 5.74) is 1.87. The fraction of sp³-hybridized carbons (Fsp3) is 0.812. The van der Waals surface area contributed by atoms with Gasteiger partial charge in [-0.3, -0.25) is 4.79 Å². The molecule has 0 aromatic heterocycles. The van der Waals surface area contributed by atoms with Gasteiger partial charge in [0.2, 0.25) is 5.76 Å². The van der Waals surface area contributed by atoms with Gasteiger partial charge in [0.25, 0.3) is 0 Å². The molecule has 0 aromatic rings. The molecule has 224 valence electrons. The lowest BCUT2D eigenvalue weighted by atomic mass is 9.85. The summed E-state index contributed by atoms with van der Waals surface area (Å²) < 4.78 is 22.1. The lowest BCUT2D eigenvalue weighted by molar-refractivity contribution is -0.162. The van der Waals surface area contributed by atoms with Crippen LogP contribution >= 0.6 is 0 Å². The van der Waals surface area contributed by atoms with Crippen molar-refractivity contribution in [1.29, 1.82) is 0 Å². The normalized spacial score (nSPS) is 24.5. The Morgan fingerprint density at radius 3 is 2.33 bits per heavy atom. The molecule has 2 unspecified atom stereocenters. The van der Waals surface area contributed by atoms with E-state index < -0.39 is 18.4 Å². The zero-order valence-electron chi connectivity index (χ0n) is 25.2. The van der Waals surface area contributed by atoms with E-state index in [1.165, 1.54) is 64.6 Å². The molecule has 1 aliphatic heterocycles. The molecule has 2 rings (SSSR count). The maximum atomic E-state index is 12.4. The first-order chi connectivity index (χ1) is 18.7. The first-order valence-electron chi connectivity index (χ1n) is 15.3.